The fourth-order valence-electron chi connectivity index (χ4n) is 2.35. The summed E-state index contributed by atoms with van der Waals surface area (Å²) in [7, 11) is 0. The molecule has 1 aromatic heterocycles. The van der Waals surface area contributed by atoms with E-state index in [1.807, 2.05) is 35.8 Å². The molecule has 3 aromatic rings. The van der Waals surface area contributed by atoms with E-state index in [9.17, 15) is 9.90 Å². The van der Waals surface area contributed by atoms with Gasteiger partial charge in [0.2, 0.25) is 0 Å². The lowest BCUT2D eigenvalue weighted by Gasteiger charge is -2.07. The van der Waals surface area contributed by atoms with Gasteiger partial charge in [-0.1, -0.05) is 23.4 Å². The molecule has 3 rings (SSSR count). The Morgan fingerprint density at radius 1 is 1.12 bits per heavy atom. The second kappa shape index (κ2) is 7.72. The van der Waals surface area contributed by atoms with Crippen molar-refractivity contribution in [3.05, 3.63) is 59.1 Å². The van der Waals surface area contributed by atoms with Crippen molar-refractivity contribution < 1.29 is 9.90 Å². The normalized spacial score (nSPS) is 10.8. The third-order valence-electron chi connectivity index (χ3n) is 3.66. The molecule has 0 atom stereocenters. The van der Waals surface area contributed by atoms with Crippen LogP contribution in [0.25, 0.3) is 11.4 Å². The highest BCUT2D eigenvalue weighted by Gasteiger charge is 2.15. The fraction of sp³-hybridized carbons (Fsp3) is 0.167. The van der Waals surface area contributed by atoms with Crippen LogP contribution in [0.5, 0.6) is 5.75 Å². The van der Waals surface area contributed by atoms with Gasteiger partial charge >= 0.3 is 0 Å². The van der Waals surface area contributed by atoms with Crippen LogP contribution in [0.4, 0.5) is 0 Å². The first-order valence-electron chi connectivity index (χ1n) is 7.72. The summed E-state index contributed by atoms with van der Waals surface area (Å²) in [5.41, 5.74) is 1.49. The summed E-state index contributed by atoms with van der Waals surface area (Å²) in [5, 5.41) is 19.1. The molecule has 128 valence electrons. The molecule has 0 saturated heterocycles. The maximum atomic E-state index is 12.3. The predicted molar refractivity (Wildman–Crippen MR) is 99.3 cm³/mol. The highest BCUT2D eigenvalue weighted by molar-refractivity contribution is 7.99. The first-order chi connectivity index (χ1) is 12.1. The summed E-state index contributed by atoms with van der Waals surface area (Å²) < 4.78 is 1.97. The number of carbonyl (C=O) groups excluding carboxylic acids is 1. The molecule has 1 heterocycles. The number of ketones is 1. The third kappa shape index (κ3) is 4.03. The topological polar surface area (TPSA) is 68.0 Å². The summed E-state index contributed by atoms with van der Waals surface area (Å²) in [6.45, 7) is 2.70. The third-order valence-corrected chi connectivity index (χ3v) is 4.88. The van der Waals surface area contributed by atoms with Crippen LogP contribution in [0, 0.1) is 0 Å². The fourth-order valence-corrected chi connectivity index (χ4v) is 3.38. The number of hydrogen-bond donors (Lipinski definition) is 1. The SMILES string of the molecule is CCn1c(SCC(=O)c2ccc(O)cc2)nnc1-c1ccc(Cl)cc1. The molecule has 0 amide bonds. The number of aromatic hydroxyl groups is 1. The molecule has 25 heavy (non-hydrogen) atoms. The Labute approximate surface area is 154 Å². The second-order valence-corrected chi connectivity index (χ2v) is 6.69. The van der Waals surface area contributed by atoms with Crippen molar-refractivity contribution in [1.82, 2.24) is 14.8 Å². The molecule has 1 N–H and O–H groups in total. The van der Waals surface area contributed by atoms with Crippen LogP contribution in [0.15, 0.2) is 53.7 Å². The maximum Gasteiger partial charge on any atom is 0.191 e. The quantitative estimate of drug-likeness (QED) is 0.515. The number of thioether (sulfide) groups is 1. The van der Waals surface area contributed by atoms with Gasteiger partial charge in [0.05, 0.1) is 5.75 Å². The second-order valence-electron chi connectivity index (χ2n) is 5.32. The number of carbonyl (C=O) groups is 1. The van der Waals surface area contributed by atoms with Gasteiger partial charge < -0.3 is 9.67 Å². The summed E-state index contributed by atoms with van der Waals surface area (Å²) in [6.07, 6.45) is 0. The Morgan fingerprint density at radius 3 is 2.44 bits per heavy atom. The summed E-state index contributed by atoms with van der Waals surface area (Å²) in [6, 6.07) is 13.7. The van der Waals surface area contributed by atoms with E-state index in [1.165, 1.54) is 23.9 Å². The van der Waals surface area contributed by atoms with Crippen LogP contribution in [0.1, 0.15) is 17.3 Å². The lowest BCUT2D eigenvalue weighted by atomic mass is 10.1. The highest BCUT2D eigenvalue weighted by atomic mass is 35.5. The molecule has 5 nitrogen and oxygen atoms in total. The zero-order chi connectivity index (χ0) is 17.8. The van der Waals surface area contributed by atoms with Gasteiger partial charge in [-0.25, -0.2) is 0 Å². The van der Waals surface area contributed by atoms with Crippen molar-refractivity contribution in [2.75, 3.05) is 5.75 Å². The molecule has 0 fully saturated rings. The zero-order valence-electron chi connectivity index (χ0n) is 13.5. The number of phenolic OH excluding ortho intramolecular Hbond substituents is 1. The van der Waals surface area contributed by atoms with Crippen LogP contribution in [0.3, 0.4) is 0 Å². The van der Waals surface area contributed by atoms with E-state index in [0.29, 0.717) is 22.3 Å². The van der Waals surface area contributed by atoms with E-state index in [4.69, 9.17) is 11.6 Å². The van der Waals surface area contributed by atoms with Gasteiger partial charge in [0.25, 0.3) is 0 Å². The molecule has 2 aromatic carbocycles. The van der Waals surface area contributed by atoms with E-state index in [2.05, 4.69) is 10.2 Å². The monoisotopic (exact) mass is 373 g/mol. The van der Waals surface area contributed by atoms with Crippen molar-refractivity contribution in [2.24, 2.45) is 0 Å². The van der Waals surface area contributed by atoms with Crippen LogP contribution in [-0.4, -0.2) is 31.4 Å². The van der Waals surface area contributed by atoms with Crippen LogP contribution < -0.4 is 0 Å². The van der Waals surface area contributed by atoms with Crippen molar-refractivity contribution in [3.8, 4) is 17.1 Å². The Bertz CT molecular complexity index is 876. The average molecular weight is 374 g/mol. The number of halogens is 1. The molecule has 0 bridgehead atoms. The zero-order valence-corrected chi connectivity index (χ0v) is 15.1. The van der Waals surface area contributed by atoms with Crippen molar-refractivity contribution in [2.45, 2.75) is 18.6 Å². The molecule has 0 saturated carbocycles. The van der Waals surface area contributed by atoms with E-state index in [-0.39, 0.29) is 17.3 Å². The molecule has 0 aliphatic heterocycles. The molecule has 0 radical (unpaired) electrons. The Balaban J connectivity index is 1.76. The number of Topliss-reactive ketones (excluding diaryl/α,β-unsaturated/α-hetero) is 1. The van der Waals surface area contributed by atoms with Gasteiger partial charge in [-0.3, -0.25) is 4.79 Å². The van der Waals surface area contributed by atoms with Gasteiger partial charge in [0.15, 0.2) is 16.8 Å². The Kier molecular flexibility index (Phi) is 5.40. The predicted octanol–water partition coefficient (Wildman–Crippen LogP) is 4.30. The number of benzene rings is 2. The van der Waals surface area contributed by atoms with E-state index in [0.717, 1.165) is 11.4 Å². The standard InChI is InChI=1S/C18H16ClN3O2S/c1-2-22-17(13-3-7-14(19)8-4-13)20-21-18(22)25-11-16(24)12-5-9-15(23)10-6-12/h3-10,23H,2,11H2,1H3. The van der Waals surface area contributed by atoms with E-state index >= 15 is 0 Å². The largest absolute Gasteiger partial charge is 0.508 e. The highest BCUT2D eigenvalue weighted by Crippen LogP contribution is 2.25. The summed E-state index contributed by atoms with van der Waals surface area (Å²) in [5.74, 6) is 1.12. The Hall–Kier alpha value is -2.31. The number of phenols is 1. The number of nitrogens with zero attached hydrogens (tertiary/aromatic N) is 3. The first-order valence-corrected chi connectivity index (χ1v) is 9.09. The molecule has 0 aliphatic rings. The van der Waals surface area contributed by atoms with Crippen LogP contribution >= 0.6 is 23.4 Å². The van der Waals surface area contributed by atoms with Crippen molar-refractivity contribution >= 4 is 29.1 Å². The summed E-state index contributed by atoms with van der Waals surface area (Å²) >= 11 is 7.28. The first kappa shape index (κ1) is 17.5. The molecule has 0 unspecified atom stereocenters. The smallest absolute Gasteiger partial charge is 0.191 e. The number of rotatable bonds is 6. The molecule has 0 aliphatic carbocycles. The number of aromatic nitrogens is 3. The molecule has 7 heteroatoms. The maximum absolute atomic E-state index is 12.3. The molecular formula is C18H16ClN3O2S. The van der Waals surface area contributed by atoms with E-state index in [1.54, 1.807) is 12.1 Å². The molecular weight excluding hydrogens is 358 g/mol. The van der Waals surface area contributed by atoms with Gasteiger partial charge in [0, 0.05) is 22.7 Å². The van der Waals surface area contributed by atoms with Crippen LogP contribution in [-0.2, 0) is 6.54 Å². The van der Waals surface area contributed by atoms with Crippen LogP contribution in [0.2, 0.25) is 5.02 Å². The minimum atomic E-state index is -0.0244. The Morgan fingerprint density at radius 2 is 1.80 bits per heavy atom. The average Bonchev–Trinajstić information content (AvgIpc) is 3.04. The minimum absolute atomic E-state index is 0.0244. The van der Waals surface area contributed by atoms with Gasteiger partial charge in [-0.2, -0.15) is 0 Å². The lowest BCUT2D eigenvalue weighted by molar-refractivity contribution is 0.102. The lowest BCUT2D eigenvalue weighted by Crippen LogP contribution is -2.05. The van der Waals surface area contributed by atoms with Gasteiger partial charge in [-0.05, 0) is 55.5 Å². The number of hydrogen-bond acceptors (Lipinski definition) is 5. The van der Waals surface area contributed by atoms with Gasteiger partial charge in [-0.15, -0.1) is 10.2 Å². The van der Waals surface area contributed by atoms with Crippen molar-refractivity contribution in [1.29, 1.82) is 0 Å². The van der Waals surface area contributed by atoms with E-state index < -0.39 is 0 Å². The minimum Gasteiger partial charge on any atom is -0.508 e. The molecule has 0 spiro atoms. The van der Waals surface area contributed by atoms with Gasteiger partial charge in [0.1, 0.15) is 5.75 Å². The van der Waals surface area contributed by atoms with Crippen molar-refractivity contribution in [3.63, 3.8) is 0 Å². The summed E-state index contributed by atoms with van der Waals surface area (Å²) in [4.78, 5) is 12.3.